The average molecular weight is 309 g/mol. The second-order valence-corrected chi connectivity index (χ2v) is 7.44. The second-order valence-electron chi connectivity index (χ2n) is 7.44. The van der Waals surface area contributed by atoms with Crippen molar-refractivity contribution in [3.63, 3.8) is 0 Å². The Balaban J connectivity index is 2.82. The average Bonchev–Trinajstić information content (AvgIpc) is 2.69. The van der Waals surface area contributed by atoms with Gasteiger partial charge in [0.1, 0.15) is 0 Å². The highest BCUT2D eigenvalue weighted by Crippen LogP contribution is 2.23. The van der Waals surface area contributed by atoms with Crippen LogP contribution in [0.3, 0.4) is 0 Å². The quantitative estimate of drug-likeness (QED) is 0.875. The normalized spacial score (nSPS) is 13.8. The molecule has 1 amide bonds. The summed E-state index contributed by atoms with van der Waals surface area (Å²) in [5.74, 6) is -1.25. The van der Waals surface area contributed by atoms with Gasteiger partial charge in [0.25, 0.3) is 0 Å². The molecule has 6 heteroatoms. The van der Waals surface area contributed by atoms with E-state index in [4.69, 9.17) is 5.11 Å². The first-order chi connectivity index (χ1) is 9.84. The van der Waals surface area contributed by atoms with Gasteiger partial charge in [0.15, 0.2) is 0 Å². The van der Waals surface area contributed by atoms with Crippen LogP contribution in [0.4, 0.5) is 0 Å². The number of aromatic nitrogens is 2. The monoisotopic (exact) mass is 309 g/mol. The predicted molar refractivity (Wildman–Crippen MR) is 84.6 cm³/mol. The Bertz CT molecular complexity index is 568. The highest BCUT2D eigenvalue weighted by atomic mass is 16.4. The molecule has 0 saturated heterocycles. The maximum Gasteiger partial charge on any atom is 0.309 e. The minimum Gasteiger partial charge on any atom is -0.481 e. The molecular formula is C16H27N3O3. The molecule has 124 valence electrons. The molecular weight excluding hydrogens is 282 g/mol. The summed E-state index contributed by atoms with van der Waals surface area (Å²) >= 11 is 0. The standard InChI is InChI=1S/C16H27N3O3/c1-10(17-13(20)8-16(6,7)14(21)22)12-9-19(15(3,4)5)18-11(12)2/h9-10H,8H2,1-7H3,(H,17,20)(H,21,22). The zero-order chi connectivity index (χ0) is 17.3. The molecule has 0 radical (unpaired) electrons. The maximum absolute atomic E-state index is 12.1. The van der Waals surface area contributed by atoms with Gasteiger partial charge in [0, 0.05) is 18.2 Å². The molecule has 0 aliphatic carbocycles. The number of aryl methyl sites for hydroxylation is 1. The van der Waals surface area contributed by atoms with E-state index in [-0.39, 0.29) is 23.9 Å². The number of nitrogens with zero attached hydrogens (tertiary/aromatic N) is 2. The number of amides is 1. The number of carbonyl (C=O) groups excluding carboxylic acids is 1. The van der Waals surface area contributed by atoms with Gasteiger partial charge in [-0.2, -0.15) is 5.10 Å². The van der Waals surface area contributed by atoms with Crippen LogP contribution in [0, 0.1) is 12.3 Å². The van der Waals surface area contributed by atoms with Crippen LogP contribution in [0.25, 0.3) is 0 Å². The number of hydrogen-bond donors (Lipinski definition) is 2. The molecule has 1 aromatic rings. The zero-order valence-electron chi connectivity index (χ0n) is 14.5. The van der Waals surface area contributed by atoms with E-state index in [1.807, 2.05) is 24.7 Å². The molecule has 1 unspecified atom stereocenters. The summed E-state index contributed by atoms with van der Waals surface area (Å²) in [4.78, 5) is 23.1. The largest absolute Gasteiger partial charge is 0.481 e. The second kappa shape index (κ2) is 6.10. The minimum absolute atomic E-state index is 0.0564. The molecule has 0 saturated carbocycles. The summed E-state index contributed by atoms with van der Waals surface area (Å²) < 4.78 is 1.88. The first-order valence-electron chi connectivity index (χ1n) is 7.44. The summed E-state index contributed by atoms with van der Waals surface area (Å²) in [7, 11) is 0. The highest BCUT2D eigenvalue weighted by molar-refractivity contribution is 5.84. The Hall–Kier alpha value is -1.85. The van der Waals surface area contributed by atoms with Gasteiger partial charge in [-0.25, -0.2) is 0 Å². The van der Waals surface area contributed by atoms with Gasteiger partial charge < -0.3 is 10.4 Å². The van der Waals surface area contributed by atoms with Crippen LogP contribution in [0.15, 0.2) is 6.20 Å². The van der Waals surface area contributed by atoms with Crippen molar-refractivity contribution >= 4 is 11.9 Å². The van der Waals surface area contributed by atoms with Crippen LogP contribution < -0.4 is 5.32 Å². The molecule has 0 aliphatic heterocycles. The van der Waals surface area contributed by atoms with Crippen molar-refractivity contribution in [2.24, 2.45) is 5.41 Å². The van der Waals surface area contributed by atoms with Crippen molar-refractivity contribution in [2.45, 2.75) is 66.5 Å². The molecule has 2 N–H and O–H groups in total. The maximum atomic E-state index is 12.1. The Kier molecular flexibility index (Phi) is 5.05. The molecule has 0 spiro atoms. The number of carboxylic acid groups (broad SMARTS) is 1. The first-order valence-corrected chi connectivity index (χ1v) is 7.44. The van der Waals surface area contributed by atoms with Crippen molar-refractivity contribution in [1.82, 2.24) is 15.1 Å². The van der Waals surface area contributed by atoms with Gasteiger partial charge in [-0.1, -0.05) is 0 Å². The third-order valence-electron chi connectivity index (χ3n) is 3.65. The van der Waals surface area contributed by atoms with E-state index < -0.39 is 11.4 Å². The van der Waals surface area contributed by atoms with E-state index in [0.29, 0.717) is 0 Å². The van der Waals surface area contributed by atoms with Gasteiger partial charge in [-0.05, 0) is 48.5 Å². The lowest BCUT2D eigenvalue weighted by molar-refractivity contribution is -0.149. The Morgan fingerprint density at radius 2 is 1.86 bits per heavy atom. The predicted octanol–water partition coefficient (Wildman–Crippen LogP) is 2.62. The molecule has 1 heterocycles. The molecule has 0 bridgehead atoms. The number of carboxylic acids is 1. The van der Waals surface area contributed by atoms with Crippen molar-refractivity contribution < 1.29 is 14.7 Å². The summed E-state index contributed by atoms with van der Waals surface area (Å²) in [5.41, 5.74) is 0.601. The number of carbonyl (C=O) groups is 2. The summed E-state index contributed by atoms with van der Waals surface area (Å²) in [5, 5.41) is 16.4. The zero-order valence-corrected chi connectivity index (χ0v) is 14.5. The molecule has 0 aromatic carbocycles. The molecule has 1 rings (SSSR count). The van der Waals surface area contributed by atoms with E-state index in [1.54, 1.807) is 13.8 Å². The number of hydrogen-bond acceptors (Lipinski definition) is 3. The smallest absolute Gasteiger partial charge is 0.309 e. The van der Waals surface area contributed by atoms with E-state index in [0.717, 1.165) is 11.3 Å². The highest BCUT2D eigenvalue weighted by Gasteiger charge is 2.31. The van der Waals surface area contributed by atoms with Crippen molar-refractivity contribution in [2.75, 3.05) is 0 Å². The Labute approximate surface area is 131 Å². The van der Waals surface area contributed by atoms with Gasteiger partial charge in [0.2, 0.25) is 5.91 Å². The van der Waals surface area contributed by atoms with E-state index >= 15 is 0 Å². The lowest BCUT2D eigenvalue weighted by atomic mass is 9.89. The van der Waals surface area contributed by atoms with Gasteiger partial charge >= 0.3 is 5.97 Å². The van der Waals surface area contributed by atoms with Crippen LogP contribution in [-0.4, -0.2) is 26.8 Å². The molecule has 1 atom stereocenters. The Morgan fingerprint density at radius 1 is 1.32 bits per heavy atom. The fourth-order valence-corrected chi connectivity index (χ4v) is 2.09. The Morgan fingerprint density at radius 3 is 2.27 bits per heavy atom. The number of aliphatic carboxylic acids is 1. The third-order valence-corrected chi connectivity index (χ3v) is 3.65. The van der Waals surface area contributed by atoms with Gasteiger partial charge in [0.05, 0.1) is 22.7 Å². The number of rotatable bonds is 5. The summed E-state index contributed by atoms with van der Waals surface area (Å²) in [6.45, 7) is 13.0. The first kappa shape index (κ1) is 18.2. The molecule has 6 nitrogen and oxygen atoms in total. The van der Waals surface area contributed by atoms with Crippen LogP contribution in [0.1, 0.15) is 65.3 Å². The SMILES string of the molecule is Cc1nn(C(C)(C)C)cc1C(C)NC(=O)CC(C)(C)C(=O)O. The fraction of sp³-hybridized carbons (Fsp3) is 0.688. The molecule has 0 fully saturated rings. The molecule has 0 aliphatic rings. The lowest BCUT2D eigenvalue weighted by Gasteiger charge is -2.21. The van der Waals surface area contributed by atoms with Gasteiger partial charge in [-0.15, -0.1) is 0 Å². The van der Waals surface area contributed by atoms with E-state index in [1.165, 1.54) is 0 Å². The van der Waals surface area contributed by atoms with Crippen molar-refractivity contribution in [3.05, 3.63) is 17.5 Å². The van der Waals surface area contributed by atoms with Crippen molar-refractivity contribution in [3.8, 4) is 0 Å². The molecule has 22 heavy (non-hydrogen) atoms. The fourth-order valence-electron chi connectivity index (χ4n) is 2.09. The van der Waals surface area contributed by atoms with Crippen molar-refractivity contribution in [1.29, 1.82) is 0 Å². The summed E-state index contributed by atoms with van der Waals surface area (Å²) in [6.07, 6.45) is 1.88. The number of nitrogens with one attached hydrogen (secondary N) is 1. The topological polar surface area (TPSA) is 84.2 Å². The van der Waals surface area contributed by atoms with Crippen LogP contribution in [0.5, 0.6) is 0 Å². The minimum atomic E-state index is -1.07. The summed E-state index contributed by atoms with van der Waals surface area (Å²) in [6, 6.07) is -0.215. The van der Waals surface area contributed by atoms with Crippen LogP contribution in [0.2, 0.25) is 0 Å². The van der Waals surface area contributed by atoms with E-state index in [2.05, 4.69) is 31.2 Å². The van der Waals surface area contributed by atoms with Gasteiger partial charge in [-0.3, -0.25) is 14.3 Å². The van der Waals surface area contributed by atoms with Crippen LogP contribution >= 0.6 is 0 Å². The van der Waals surface area contributed by atoms with E-state index in [9.17, 15) is 9.59 Å². The third kappa shape index (κ3) is 4.32. The lowest BCUT2D eigenvalue weighted by Crippen LogP contribution is -2.34. The van der Waals surface area contributed by atoms with Crippen LogP contribution in [-0.2, 0) is 15.1 Å². The molecule has 1 aromatic heterocycles.